The molecule has 0 unspecified atom stereocenters. The third-order valence-corrected chi connectivity index (χ3v) is 6.92. The lowest BCUT2D eigenvalue weighted by atomic mass is 9.80. The molecule has 26 heavy (non-hydrogen) atoms. The number of aliphatic hydroxyl groups excluding tert-OH is 2. The summed E-state index contributed by atoms with van der Waals surface area (Å²) in [5.41, 5.74) is -2.55. The van der Waals surface area contributed by atoms with E-state index in [1.54, 1.807) is 13.8 Å². The number of rotatable bonds is 0. The zero-order valence-electron chi connectivity index (χ0n) is 16.0. The van der Waals surface area contributed by atoms with Gasteiger partial charge in [-0.1, -0.05) is 6.58 Å². The lowest BCUT2D eigenvalue weighted by molar-refractivity contribution is -0.174. The fraction of sp³-hybridized carbons (Fsp3) is 0.850. The van der Waals surface area contributed by atoms with Crippen molar-refractivity contribution in [1.82, 2.24) is 0 Å². The summed E-state index contributed by atoms with van der Waals surface area (Å²) in [7, 11) is 0. The van der Waals surface area contributed by atoms with Crippen molar-refractivity contribution >= 4 is 5.97 Å². The first-order valence-corrected chi connectivity index (χ1v) is 9.65. The number of ether oxygens (including phenoxy) is 2. The van der Waals surface area contributed by atoms with Crippen LogP contribution in [0.1, 0.15) is 65.7 Å². The van der Waals surface area contributed by atoms with Gasteiger partial charge in [0, 0.05) is 5.57 Å². The van der Waals surface area contributed by atoms with Crippen LogP contribution in [0.5, 0.6) is 0 Å². The van der Waals surface area contributed by atoms with Crippen molar-refractivity contribution in [3.63, 3.8) is 0 Å². The molecule has 0 aromatic heterocycles. The molecule has 7 atom stereocenters. The molecule has 3 N–H and O–H groups in total. The maximum atomic E-state index is 12.5. The second kappa shape index (κ2) is 6.59. The van der Waals surface area contributed by atoms with E-state index in [1.807, 2.05) is 6.92 Å². The van der Waals surface area contributed by atoms with Crippen molar-refractivity contribution in [3.05, 3.63) is 12.2 Å². The Hall–Kier alpha value is -0.950. The molecule has 4 bridgehead atoms. The third kappa shape index (κ3) is 3.44. The van der Waals surface area contributed by atoms with E-state index in [9.17, 15) is 20.1 Å². The highest BCUT2D eigenvalue weighted by atomic mass is 16.6. The monoisotopic (exact) mass is 368 g/mol. The van der Waals surface area contributed by atoms with Crippen LogP contribution in [0.4, 0.5) is 0 Å². The van der Waals surface area contributed by atoms with E-state index < -0.39 is 41.1 Å². The fourth-order valence-electron chi connectivity index (χ4n) is 4.58. The maximum absolute atomic E-state index is 12.5. The van der Waals surface area contributed by atoms with Crippen molar-refractivity contribution < 1.29 is 29.6 Å². The molecule has 0 aromatic rings. The Labute approximate surface area is 155 Å². The highest BCUT2D eigenvalue weighted by Gasteiger charge is 2.50. The number of esters is 1. The molecule has 0 aromatic carbocycles. The molecule has 3 saturated heterocycles. The zero-order valence-corrected chi connectivity index (χ0v) is 16.0. The third-order valence-electron chi connectivity index (χ3n) is 6.92. The van der Waals surface area contributed by atoms with Crippen LogP contribution >= 0.6 is 0 Å². The Morgan fingerprint density at radius 2 is 1.65 bits per heavy atom. The molecule has 148 valence electrons. The Kier molecular flexibility index (Phi) is 5.02. The van der Waals surface area contributed by atoms with Gasteiger partial charge in [-0.2, -0.15) is 0 Å². The number of fused-ring (bicyclic) bond motifs is 5. The number of carbonyl (C=O) groups is 1. The lowest BCUT2D eigenvalue weighted by Gasteiger charge is -2.37. The fourth-order valence-corrected chi connectivity index (χ4v) is 4.58. The minimum atomic E-state index is -1.12. The van der Waals surface area contributed by atoms with Crippen LogP contribution < -0.4 is 0 Å². The van der Waals surface area contributed by atoms with E-state index in [-0.39, 0.29) is 5.92 Å². The Morgan fingerprint density at radius 3 is 2.35 bits per heavy atom. The Bertz CT molecular complexity index is 587. The van der Waals surface area contributed by atoms with Crippen molar-refractivity contribution in [2.75, 3.05) is 0 Å². The molecular formula is C20H32O6. The first-order chi connectivity index (χ1) is 12.0. The van der Waals surface area contributed by atoms with E-state index in [0.717, 1.165) is 0 Å². The number of carbonyl (C=O) groups excluding carboxylic acids is 1. The molecule has 3 heterocycles. The molecule has 0 saturated carbocycles. The molecule has 0 radical (unpaired) electrons. The lowest BCUT2D eigenvalue weighted by Crippen LogP contribution is -2.47. The van der Waals surface area contributed by atoms with Gasteiger partial charge in [-0.3, -0.25) is 0 Å². The van der Waals surface area contributed by atoms with Crippen LogP contribution in [0.15, 0.2) is 12.2 Å². The van der Waals surface area contributed by atoms with E-state index in [2.05, 4.69) is 6.58 Å². The summed E-state index contributed by atoms with van der Waals surface area (Å²) >= 11 is 0. The van der Waals surface area contributed by atoms with Gasteiger partial charge in [-0.05, 0) is 71.6 Å². The standard InChI is InChI=1S/C20H32O6/c1-12-13-5-9-19(3,26-17(12)23)14(21)6-8-18(2,24)16-7-10-20(4,25-16)15(22)11-13/h13-16,21-22,24H,1,5-11H2,2-4H3/t13-,14-,15+,16+,18-,19-,20-/m1/s1. The summed E-state index contributed by atoms with van der Waals surface area (Å²) in [6.07, 6.45) is 1.30. The van der Waals surface area contributed by atoms with Crippen molar-refractivity contribution in [3.8, 4) is 0 Å². The number of hydrogen-bond donors (Lipinski definition) is 3. The second-order valence-electron chi connectivity index (χ2n) is 9.08. The highest BCUT2D eigenvalue weighted by Crippen LogP contribution is 2.44. The summed E-state index contributed by atoms with van der Waals surface area (Å²) in [6, 6.07) is 0. The Balaban J connectivity index is 1.95. The summed E-state index contributed by atoms with van der Waals surface area (Å²) < 4.78 is 11.7. The van der Waals surface area contributed by atoms with E-state index in [0.29, 0.717) is 50.5 Å². The summed E-state index contributed by atoms with van der Waals surface area (Å²) in [5.74, 6) is -0.729. The summed E-state index contributed by atoms with van der Waals surface area (Å²) in [6.45, 7) is 9.21. The zero-order chi connectivity index (χ0) is 19.3. The quantitative estimate of drug-likeness (QED) is 0.446. The number of aliphatic hydroxyl groups is 3. The van der Waals surface area contributed by atoms with Gasteiger partial charge in [0.05, 0.1) is 29.5 Å². The minimum Gasteiger partial charge on any atom is -0.453 e. The van der Waals surface area contributed by atoms with Gasteiger partial charge < -0.3 is 24.8 Å². The van der Waals surface area contributed by atoms with Crippen molar-refractivity contribution in [2.24, 2.45) is 5.92 Å². The van der Waals surface area contributed by atoms with Crippen molar-refractivity contribution in [1.29, 1.82) is 0 Å². The summed E-state index contributed by atoms with van der Waals surface area (Å²) in [5, 5.41) is 32.5. The van der Waals surface area contributed by atoms with Gasteiger partial charge >= 0.3 is 5.97 Å². The van der Waals surface area contributed by atoms with Crippen LogP contribution in [0, 0.1) is 5.92 Å². The van der Waals surface area contributed by atoms with Crippen LogP contribution in [-0.4, -0.2) is 56.4 Å². The van der Waals surface area contributed by atoms with Crippen molar-refractivity contribution in [2.45, 2.75) is 101 Å². The molecule has 0 spiro atoms. The molecule has 0 aliphatic carbocycles. The molecular weight excluding hydrogens is 336 g/mol. The normalized spacial score (nSPS) is 50.4. The number of hydrogen-bond acceptors (Lipinski definition) is 6. The van der Waals surface area contributed by atoms with Gasteiger partial charge in [0.15, 0.2) is 0 Å². The van der Waals surface area contributed by atoms with Gasteiger partial charge in [0.1, 0.15) is 5.60 Å². The molecule has 6 heteroatoms. The predicted octanol–water partition coefficient (Wildman–Crippen LogP) is 1.85. The highest BCUT2D eigenvalue weighted by molar-refractivity contribution is 5.89. The molecule has 0 amide bonds. The largest absolute Gasteiger partial charge is 0.453 e. The molecule has 3 aliphatic rings. The maximum Gasteiger partial charge on any atom is 0.334 e. The SMILES string of the molecule is C=C1C(=O)O[C@]2(C)CC[C@@H]1C[C@H](O)[C@@]1(C)CC[C@H](O1)[C@](C)(O)CC[C@H]2O. The van der Waals surface area contributed by atoms with E-state index >= 15 is 0 Å². The minimum absolute atomic E-state index is 0.215. The van der Waals surface area contributed by atoms with E-state index in [4.69, 9.17) is 9.47 Å². The average molecular weight is 368 g/mol. The van der Waals surface area contributed by atoms with Gasteiger partial charge in [-0.25, -0.2) is 4.79 Å². The smallest absolute Gasteiger partial charge is 0.334 e. The van der Waals surface area contributed by atoms with Gasteiger partial charge in [-0.15, -0.1) is 0 Å². The molecule has 3 rings (SSSR count). The molecule has 3 aliphatic heterocycles. The van der Waals surface area contributed by atoms with Crippen LogP contribution in [-0.2, 0) is 14.3 Å². The topological polar surface area (TPSA) is 96.2 Å². The van der Waals surface area contributed by atoms with Gasteiger partial charge in [0.25, 0.3) is 0 Å². The van der Waals surface area contributed by atoms with Crippen LogP contribution in [0.3, 0.4) is 0 Å². The average Bonchev–Trinajstić information content (AvgIpc) is 2.95. The first-order valence-electron chi connectivity index (χ1n) is 9.65. The van der Waals surface area contributed by atoms with Crippen LogP contribution in [0.2, 0.25) is 0 Å². The van der Waals surface area contributed by atoms with Gasteiger partial charge in [0.2, 0.25) is 0 Å². The first kappa shape index (κ1) is 19.8. The molecule has 3 fully saturated rings. The predicted molar refractivity (Wildman–Crippen MR) is 95.4 cm³/mol. The Morgan fingerprint density at radius 1 is 1.00 bits per heavy atom. The van der Waals surface area contributed by atoms with E-state index in [1.165, 1.54) is 0 Å². The second-order valence-corrected chi connectivity index (χ2v) is 9.08. The van der Waals surface area contributed by atoms with Crippen LogP contribution in [0.25, 0.3) is 0 Å². The summed E-state index contributed by atoms with van der Waals surface area (Å²) in [4.78, 5) is 12.5. The molecule has 6 nitrogen and oxygen atoms in total.